The monoisotopic (exact) mass is 427 g/mol. The maximum absolute atomic E-state index is 10.9. The van der Waals surface area contributed by atoms with E-state index in [1.165, 1.54) is 11.1 Å². The maximum atomic E-state index is 10.9. The van der Waals surface area contributed by atoms with Crippen LogP contribution in [0.3, 0.4) is 0 Å². The summed E-state index contributed by atoms with van der Waals surface area (Å²) < 4.78 is 0. The van der Waals surface area contributed by atoms with Crippen LogP contribution in [0.4, 0.5) is 0 Å². The van der Waals surface area contributed by atoms with E-state index >= 15 is 0 Å². The van der Waals surface area contributed by atoms with Crippen LogP contribution in [0.5, 0.6) is 0 Å². The molecule has 5 heteroatoms. The molecule has 1 aromatic heterocycles. The van der Waals surface area contributed by atoms with E-state index in [0.29, 0.717) is 23.7 Å². The topological polar surface area (TPSA) is 86.9 Å². The lowest BCUT2D eigenvalue weighted by molar-refractivity contribution is -0.137. The Morgan fingerprint density at radius 2 is 1.84 bits per heavy atom. The highest BCUT2D eigenvalue weighted by Crippen LogP contribution is 2.28. The first-order chi connectivity index (χ1) is 15.4. The molecule has 0 aliphatic heterocycles. The lowest BCUT2D eigenvalue weighted by Gasteiger charge is -2.14. The number of carboxylic acids is 1. The van der Waals surface area contributed by atoms with Gasteiger partial charge in [-0.05, 0) is 59.9 Å². The van der Waals surface area contributed by atoms with Crippen molar-refractivity contribution < 1.29 is 9.90 Å². The minimum absolute atomic E-state index is 0.172. The van der Waals surface area contributed by atoms with Gasteiger partial charge in [-0.1, -0.05) is 51.1 Å². The van der Waals surface area contributed by atoms with E-state index in [9.17, 15) is 10.1 Å². The summed E-state index contributed by atoms with van der Waals surface area (Å²) in [6, 6.07) is 14.3. The lowest BCUT2D eigenvalue weighted by Crippen LogP contribution is -2.01. The molecule has 32 heavy (non-hydrogen) atoms. The highest BCUT2D eigenvalue weighted by molar-refractivity contribution is 5.69. The van der Waals surface area contributed by atoms with Gasteiger partial charge in [0.05, 0.1) is 11.6 Å². The van der Waals surface area contributed by atoms with Crippen molar-refractivity contribution >= 4 is 5.97 Å². The Hall–Kier alpha value is -3.52. The molecule has 1 N–H and O–H groups in total. The van der Waals surface area contributed by atoms with Gasteiger partial charge in [0.15, 0.2) is 5.82 Å². The van der Waals surface area contributed by atoms with Crippen molar-refractivity contribution in [3.8, 4) is 28.6 Å². The van der Waals surface area contributed by atoms with Crippen molar-refractivity contribution in [1.29, 1.82) is 5.26 Å². The van der Waals surface area contributed by atoms with Gasteiger partial charge in [0.2, 0.25) is 0 Å². The van der Waals surface area contributed by atoms with Crippen LogP contribution >= 0.6 is 0 Å². The second-order valence-corrected chi connectivity index (χ2v) is 8.42. The predicted molar refractivity (Wildman–Crippen MR) is 126 cm³/mol. The molecule has 5 nitrogen and oxygen atoms in total. The van der Waals surface area contributed by atoms with Gasteiger partial charge in [0.25, 0.3) is 0 Å². The summed E-state index contributed by atoms with van der Waals surface area (Å²) in [5.74, 6) is 0.313. The molecule has 0 bridgehead atoms. The van der Waals surface area contributed by atoms with E-state index in [4.69, 9.17) is 5.11 Å². The van der Waals surface area contributed by atoms with Gasteiger partial charge in [-0.2, -0.15) is 5.26 Å². The Labute approximate surface area is 189 Å². The number of hydrogen-bond acceptors (Lipinski definition) is 4. The summed E-state index contributed by atoms with van der Waals surface area (Å²) in [7, 11) is 0. The third-order valence-corrected chi connectivity index (χ3v) is 5.54. The first kappa shape index (κ1) is 23.1. The molecule has 3 aromatic rings. The number of carbonyl (C=O) groups is 1. The standard InChI is InChI=1S/C27H29N3O2/c1-4-24-19(8-6-10-26(31)32)7-5-9-25(24)23-16-29-27(30-17-23)21-12-11-20(13-18(2)3)22(14-21)15-28/h5,7,9,11-12,14,16-18H,4,6,8,10,13H2,1-3H3,(H,31,32). The van der Waals surface area contributed by atoms with Crippen LogP contribution in [0.25, 0.3) is 22.5 Å². The third-order valence-electron chi connectivity index (χ3n) is 5.54. The zero-order chi connectivity index (χ0) is 23.1. The normalized spacial score (nSPS) is 10.8. The van der Waals surface area contributed by atoms with Crippen LogP contribution < -0.4 is 0 Å². The minimum Gasteiger partial charge on any atom is -0.481 e. The Kier molecular flexibility index (Phi) is 7.72. The van der Waals surface area contributed by atoms with Gasteiger partial charge in [-0.15, -0.1) is 0 Å². The number of rotatable bonds is 9. The lowest BCUT2D eigenvalue weighted by atomic mass is 9.92. The summed E-state index contributed by atoms with van der Waals surface area (Å²) in [6.45, 7) is 6.39. The number of hydrogen-bond donors (Lipinski definition) is 1. The fraction of sp³-hybridized carbons (Fsp3) is 0.333. The minimum atomic E-state index is -0.764. The van der Waals surface area contributed by atoms with Gasteiger partial charge in [0, 0.05) is 29.9 Å². The summed E-state index contributed by atoms with van der Waals surface area (Å²) in [5.41, 5.74) is 6.95. The van der Waals surface area contributed by atoms with Gasteiger partial charge in [-0.25, -0.2) is 9.97 Å². The summed E-state index contributed by atoms with van der Waals surface area (Å²) in [5, 5.41) is 18.5. The van der Waals surface area contributed by atoms with E-state index in [1.54, 1.807) is 0 Å². The second-order valence-electron chi connectivity index (χ2n) is 8.42. The van der Waals surface area contributed by atoms with Gasteiger partial charge >= 0.3 is 5.97 Å². The molecule has 0 aliphatic rings. The smallest absolute Gasteiger partial charge is 0.303 e. The molecule has 0 saturated carbocycles. The predicted octanol–water partition coefficient (Wildman–Crippen LogP) is 5.85. The van der Waals surface area contributed by atoms with Crippen LogP contribution in [0.2, 0.25) is 0 Å². The molecule has 2 aromatic carbocycles. The molecule has 0 unspecified atom stereocenters. The summed E-state index contributed by atoms with van der Waals surface area (Å²) in [4.78, 5) is 20.0. The van der Waals surface area contributed by atoms with E-state index in [2.05, 4.69) is 48.9 Å². The fourth-order valence-corrected chi connectivity index (χ4v) is 4.04. The zero-order valence-corrected chi connectivity index (χ0v) is 18.9. The molecule has 0 spiro atoms. The van der Waals surface area contributed by atoms with E-state index in [1.807, 2.05) is 36.7 Å². The quantitative estimate of drug-likeness (QED) is 0.463. The number of benzene rings is 2. The number of aromatic nitrogens is 2. The first-order valence-corrected chi connectivity index (χ1v) is 11.1. The van der Waals surface area contributed by atoms with Crippen molar-refractivity contribution in [1.82, 2.24) is 9.97 Å². The molecule has 0 radical (unpaired) electrons. The number of aliphatic carboxylic acids is 1. The first-order valence-electron chi connectivity index (χ1n) is 11.1. The number of carboxylic acid groups (broad SMARTS) is 1. The van der Waals surface area contributed by atoms with Crippen LogP contribution in [0, 0.1) is 17.2 Å². The van der Waals surface area contributed by atoms with Crippen molar-refractivity contribution in [3.05, 3.63) is 71.0 Å². The molecule has 1 heterocycles. The molecule has 3 rings (SSSR count). The molecule has 164 valence electrons. The van der Waals surface area contributed by atoms with Gasteiger partial charge < -0.3 is 5.11 Å². The number of aryl methyl sites for hydroxylation is 1. The molecule has 0 amide bonds. The molecular weight excluding hydrogens is 398 g/mol. The van der Waals surface area contributed by atoms with Crippen LogP contribution in [-0.2, 0) is 24.1 Å². The number of nitrogens with zero attached hydrogens (tertiary/aromatic N) is 3. The Balaban J connectivity index is 1.87. The second kappa shape index (κ2) is 10.7. The van der Waals surface area contributed by atoms with Crippen molar-refractivity contribution in [3.63, 3.8) is 0 Å². The Morgan fingerprint density at radius 1 is 1.09 bits per heavy atom. The molecule has 0 aliphatic carbocycles. The average Bonchev–Trinajstić information content (AvgIpc) is 2.78. The molecule has 0 atom stereocenters. The highest BCUT2D eigenvalue weighted by atomic mass is 16.4. The zero-order valence-electron chi connectivity index (χ0n) is 18.9. The largest absolute Gasteiger partial charge is 0.481 e. The highest BCUT2D eigenvalue weighted by Gasteiger charge is 2.12. The van der Waals surface area contributed by atoms with Crippen LogP contribution in [-0.4, -0.2) is 21.0 Å². The summed E-state index contributed by atoms with van der Waals surface area (Å²) >= 11 is 0. The van der Waals surface area contributed by atoms with Crippen LogP contribution in [0.15, 0.2) is 48.8 Å². The van der Waals surface area contributed by atoms with Gasteiger partial charge in [-0.3, -0.25) is 4.79 Å². The van der Waals surface area contributed by atoms with Gasteiger partial charge in [0.1, 0.15) is 0 Å². The SMILES string of the molecule is CCc1c(CCCC(=O)O)cccc1-c1cnc(-c2ccc(CC(C)C)c(C#N)c2)nc1. The average molecular weight is 428 g/mol. The Bertz CT molecular complexity index is 1130. The van der Waals surface area contributed by atoms with Crippen molar-refractivity contribution in [2.45, 2.75) is 52.9 Å². The molecule has 0 saturated heterocycles. The van der Waals surface area contributed by atoms with E-state index < -0.39 is 5.97 Å². The van der Waals surface area contributed by atoms with Crippen LogP contribution in [0.1, 0.15) is 55.9 Å². The number of nitriles is 1. The summed E-state index contributed by atoms with van der Waals surface area (Å²) in [6.07, 6.45) is 6.90. The maximum Gasteiger partial charge on any atom is 0.303 e. The molecular formula is C27H29N3O2. The van der Waals surface area contributed by atoms with Crippen molar-refractivity contribution in [2.75, 3.05) is 0 Å². The Morgan fingerprint density at radius 3 is 2.47 bits per heavy atom. The van der Waals surface area contributed by atoms with E-state index in [0.717, 1.165) is 41.5 Å². The molecule has 0 fully saturated rings. The fourth-order valence-electron chi connectivity index (χ4n) is 4.04. The third kappa shape index (κ3) is 5.59. The van der Waals surface area contributed by atoms with E-state index in [-0.39, 0.29) is 6.42 Å². The van der Waals surface area contributed by atoms with Crippen molar-refractivity contribution in [2.24, 2.45) is 5.92 Å².